The molecule has 2 heterocycles. The Kier molecular flexibility index (Phi) is 7.04. The maximum absolute atomic E-state index is 6.67. The topological polar surface area (TPSA) is 16.4 Å². The number of nitrogens with zero attached hydrogens (tertiary/aromatic N) is 1. The molecule has 0 aliphatic carbocycles. The van der Waals surface area contributed by atoms with E-state index in [1.807, 2.05) is 17.4 Å². The predicted octanol–water partition coefficient (Wildman–Crippen LogP) is 14.4. The van der Waals surface area contributed by atoms with E-state index < -0.39 is 0 Å². The number of rotatable bonds is 6. The van der Waals surface area contributed by atoms with Crippen LogP contribution in [-0.4, -0.2) is 0 Å². The van der Waals surface area contributed by atoms with E-state index in [1.54, 1.807) is 0 Å². The third kappa shape index (κ3) is 5.01. The monoisotopic (exact) mass is 669 g/mol. The van der Waals surface area contributed by atoms with E-state index in [0.717, 1.165) is 39.0 Å². The second-order valence-corrected chi connectivity index (χ2v) is 13.9. The summed E-state index contributed by atoms with van der Waals surface area (Å²) in [5.74, 6) is 0. The van der Waals surface area contributed by atoms with E-state index in [4.69, 9.17) is 4.42 Å². The molecule has 0 spiro atoms. The first kappa shape index (κ1) is 29.5. The summed E-state index contributed by atoms with van der Waals surface area (Å²) >= 11 is 1.87. The molecule has 0 saturated heterocycles. The Morgan fingerprint density at radius 1 is 0.373 bits per heavy atom. The minimum atomic E-state index is 0.876. The van der Waals surface area contributed by atoms with Crippen molar-refractivity contribution in [2.45, 2.75) is 0 Å². The molecule has 0 radical (unpaired) electrons. The Morgan fingerprint density at radius 3 is 1.69 bits per heavy atom. The molecule has 0 aliphatic heterocycles. The fourth-order valence-electron chi connectivity index (χ4n) is 7.45. The fraction of sp³-hybridized carbons (Fsp3) is 0. The number of anilines is 3. The quantitative estimate of drug-likeness (QED) is 0.175. The third-order valence-electron chi connectivity index (χ3n) is 9.88. The molecule has 0 amide bonds. The molecule has 2 aromatic heterocycles. The molecule has 240 valence electrons. The van der Waals surface area contributed by atoms with Crippen molar-refractivity contribution < 1.29 is 4.42 Å². The zero-order valence-electron chi connectivity index (χ0n) is 27.7. The van der Waals surface area contributed by atoms with Crippen molar-refractivity contribution >= 4 is 70.5 Å². The molecule has 0 saturated carbocycles. The average Bonchev–Trinajstić information content (AvgIpc) is 3.79. The Hall–Kier alpha value is -6.42. The zero-order valence-corrected chi connectivity index (χ0v) is 28.5. The molecule has 0 bridgehead atoms. The van der Waals surface area contributed by atoms with E-state index in [-0.39, 0.29) is 0 Å². The second kappa shape index (κ2) is 12.2. The van der Waals surface area contributed by atoms with Crippen molar-refractivity contribution in [1.82, 2.24) is 0 Å². The molecule has 10 rings (SSSR count). The van der Waals surface area contributed by atoms with Gasteiger partial charge in [0.2, 0.25) is 0 Å². The van der Waals surface area contributed by atoms with Crippen LogP contribution < -0.4 is 4.90 Å². The molecule has 0 aliphatic rings. The van der Waals surface area contributed by atoms with Crippen LogP contribution in [0.2, 0.25) is 0 Å². The van der Waals surface area contributed by atoms with Gasteiger partial charge in [-0.3, -0.25) is 0 Å². The van der Waals surface area contributed by atoms with Crippen molar-refractivity contribution in [1.29, 1.82) is 0 Å². The lowest BCUT2D eigenvalue weighted by Gasteiger charge is -2.26. The van der Waals surface area contributed by atoms with Gasteiger partial charge in [-0.2, -0.15) is 0 Å². The Labute approximate surface area is 300 Å². The lowest BCUT2D eigenvalue weighted by Crippen LogP contribution is -2.10. The lowest BCUT2D eigenvalue weighted by atomic mass is 9.99. The number of fused-ring (bicyclic) bond motifs is 6. The van der Waals surface area contributed by atoms with Gasteiger partial charge in [0.05, 0.1) is 16.1 Å². The summed E-state index contributed by atoms with van der Waals surface area (Å²) in [5, 5.41) is 4.75. The number of thiophene rings is 1. The number of furan rings is 1. The van der Waals surface area contributed by atoms with Crippen LogP contribution in [0, 0.1) is 0 Å². The van der Waals surface area contributed by atoms with Gasteiger partial charge in [-0.15, -0.1) is 11.3 Å². The summed E-state index contributed by atoms with van der Waals surface area (Å²) in [7, 11) is 0. The Morgan fingerprint density at radius 2 is 0.922 bits per heavy atom. The Bertz CT molecular complexity index is 2850. The van der Waals surface area contributed by atoms with E-state index in [0.29, 0.717) is 0 Å². The largest absolute Gasteiger partial charge is 0.454 e. The molecule has 8 aromatic carbocycles. The highest BCUT2D eigenvalue weighted by Gasteiger charge is 2.23. The molecular weight excluding hydrogens is 639 g/mol. The van der Waals surface area contributed by atoms with Crippen molar-refractivity contribution in [3.63, 3.8) is 0 Å². The van der Waals surface area contributed by atoms with Gasteiger partial charge in [-0.05, 0) is 69.8 Å². The number of hydrogen-bond acceptors (Lipinski definition) is 3. The summed E-state index contributed by atoms with van der Waals surface area (Å²) in [6.07, 6.45) is 0. The van der Waals surface area contributed by atoms with Crippen LogP contribution in [0.3, 0.4) is 0 Å². The van der Waals surface area contributed by atoms with E-state index in [9.17, 15) is 0 Å². The van der Waals surface area contributed by atoms with Crippen LogP contribution in [0.5, 0.6) is 0 Å². The van der Waals surface area contributed by atoms with Gasteiger partial charge in [-0.25, -0.2) is 0 Å². The van der Waals surface area contributed by atoms with E-state index in [1.165, 1.54) is 53.6 Å². The maximum atomic E-state index is 6.67. The molecule has 0 fully saturated rings. The first-order chi connectivity index (χ1) is 25.3. The summed E-state index contributed by atoms with van der Waals surface area (Å²) in [6.45, 7) is 0. The van der Waals surface area contributed by atoms with Crippen molar-refractivity contribution in [2.75, 3.05) is 4.90 Å². The number of para-hydroxylation sites is 2. The molecule has 2 nitrogen and oxygen atoms in total. The maximum Gasteiger partial charge on any atom is 0.159 e. The van der Waals surface area contributed by atoms with Crippen molar-refractivity contribution in [3.05, 3.63) is 188 Å². The van der Waals surface area contributed by atoms with Gasteiger partial charge in [-0.1, -0.05) is 152 Å². The molecule has 0 atom stereocenters. The third-order valence-corrected chi connectivity index (χ3v) is 11.2. The standard InChI is InChI=1S/C48H31NOS/c1-3-13-32(14-4-1)35-17-9-18-36(31-35)33-27-29-37(30-28-33)49(43-24-11-21-40-39-19-7-8-26-45(39)50-46(40)43)44-25-12-23-42-41-22-10-20-38(47(41)51-48(42)44)34-15-5-2-6-16-34/h1-31H. The van der Waals surface area contributed by atoms with Crippen LogP contribution >= 0.6 is 11.3 Å². The zero-order chi connectivity index (χ0) is 33.7. The normalized spacial score (nSPS) is 11.5. The van der Waals surface area contributed by atoms with E-state index in [2.05, 4.69) is 187 Å². The van der Waals surface area contributed by atoms with Gasteiger partial charge in [0.1, 0.15) is 5.58 Å². The van der Waals surface area contributed by atoms with Crippen LogP contribution in [0.1, 0.15) is 0 Å². The molecule has 3 heteroatoms. The molecule has 0 N–H and O–H groups in total. The SMILES string of the molecule is c1ccc(-c2cccc(-c3ccc(N(c4cccc5c4oc4ccccc45)c4cccc5c4sc4c(-c6ccccc6)cccc45)cc3)c2)cc1. The first-order valence-corrected chi connectivity index (χ1v) is 18.1. The fourth-order valence-corrected chi connectivity index (χ4v) is 8.79. The summed E-state index contributed by atoms with van der Waals surface area (Å²) in [5.41, 5.74) is 12.2. The minimum absolute atomic E-state index is 0.876. The predicted molar refractivity (Wildman–Crippen MR) is 218 cm³/mol. The summed E-state index contributed by atoms with van der Waals surface area (Å²) in [4.78, 5) is 2.38. The van der Waals surface area contributed by atoms with Gasteiger partial charge in [0.15, 0.2) is 5.58 Å². The van der Waals surface area contributed by atoms with Gasteiger partial charge in [0.25, 0.3) is 0 Å². The highest BCUT2D eigenvalue weighted by Crippen LogP contribution is 2.49. The van der Waals surface area contributed by atoms with Gasteiger partial charge >= 0.3 is 0 Å². The van der Waals surface area contributed by atoms with Crippen LogP contribution in [0.4, 0.5) is 17.1 Å². The van der Waals surface area contributed by atoms with Crippen molar-refractivity contribution in [3.8, 4) is 33.4 Å². The Balaban J connectivity index is 1.18. The summed E-state index contributed by atoms with van der Waals surface area (Å²) < 4.78 is 9.20. The smallest absolute Gasteiger partial charge is 0.159 e. The minimum Gasteiger partial charge on any atom is -0.454 e. The highest BCUT2D eigenvalue weighted by molar-refractivity contribution is 7.27. The molecular formula is C48H31NOS. The lowest BCUT2D eigenvalue weighted by molar-refractivity contribution is 0.669. The molecule has 0 unspecified atom stereocenters. The van der Waals surface area contributed by atoms with Gasteiger partial charge in [0, 0.05) is 31.9 Å². The van der Waals surface area contributed by atoms with Gasteiger partial charge < -0.3 is 9.32 Å². The number of hydrogen-bond donors (Lipinski definition) is 0. The highest BCUT2D eigenvalue weighted by atomic mass is 32.1. The second-order valence-electron chi connectivity index (χ2n) is 12.9. The molecule has 51 heavy (non-hydrogen) atoms. The first-order valence-electron chi connectivity index (χ1n) is 17.3. The average molecular weight is 670 g/mol. The molecule has 10 aromatic rings. The van der Waals surface area contributed by atoms with E-state index >= 15 is 0 Å². The van der Waals surface area contributed by atoms with Crippen LogP contribution in [0.15, 0.2) is 192 Å². The summed E-state index contributed by atoms with van der Waals surface area (Å²) in [6, 6.07) is 67.2. The van der Waals surface area contributed by atoms with Crippen molar-refractivity contribution in [2.24, 2.45) is 0 Å². The van der Waals surface area contributed by atoms with Crippen LogP contribution in [-0.2, 0) is 0 Å². The van der Waals surface area contributed by atoms with Crippen LogP contribution in [0.25, 0.3) is 75.5 Å². The number of benzene rings is 8.